The van der Waals surface area contributed by atoms with Gasteiger partial charge in [-0.3, -0.25) is 9.59 Å². The Morgan fingerprint density at radius 2 is 1.89 bits per heavy atom. The van der Waals surface area contributed by atoms with E-state index in [1.807, 2.05) is 26.1 Å². The molecular formula is C28H28ClFN4O3. The van der Waals surface area contributed by atoms with Gasteiger partial charge in [0.05, 0.1) is 11.8 Å². The van der Waals surface area contributed by atoms with Gasteiger partial charge in [0.15, 0.2) is 5.65 Å². The van der Waals surface area contributed by atoms with Crippen LogP contribution in [0.1, 0.15) is 67.3 Å². The van der Waals surface area contributed by atoms with Crippen LogP contribution in [0, 0.1) is 19.7 Å². The number of hydrogen-bond acceptors (Lipinski definition) is 5. The maximum absolute atomic E-state index is 15.1. The number of ether oxygens (including phenoxy) is 1. The fraction of sp³-hybridized carbons (Fsp3) is 0.357. The van der Waals surface area contributed by atoms with Crippen molar-refractivity contribution in [2.75, 3.05) is 6.61 Å². The van der Waals surface area contributed by atoms with Gasteiger partial charge in [0.2, 0.25) is 0 Å². The molecule has 2 atom stereocenters. The first-order chi connectivity index (χ1) is 17.6. The van der Waals surface area contributed by atoms with Crippen molar-refractivity contribution < 1.29 is 9.13 Å². The topological polar surface area (TPSA) is 78.5 Å². The minimum Gasteiger partial charge on any atom is -0.373 e. The third kappa shape index (κ3) is 4.71. The van der Waals surface area contributed by atoms with E-state index in [9.17, 15) is 9.59 Å². The van der Waals surface area contributed by atoms with Crippen LogP contribution in [-0.2, 0) is 4.74 Å². The summed E-state index contributed by atoms with van der Waals surface area (Å²) in [5, 5.41) is 4.99. The highest BCUT2D eigenvalue weighted by Crippen LogP contribution is 2.38. The van der Waals surface area contributed by atoms with Crippen molar-refractivity contribution >= 4 is 17.2 Å². The predicted molar refractivity (Wildman–Crippen MR) is 141 cm³/mol. The molecule has 0 saturated carbocycles. The molecule has 1 aliphatic rings. The number of aryl methyl sites for hydroxylation is 1. The number of fused-ring (bicyclic) bond motifs is 1. The van der Waals surface area contributed by atoms with Gasteiger partial charge in [-0.05, 0) is 76.4 Å². The summed E-state index contributed by atoms with van der Waals surface area (Å²) in [5.41, 5.74) is 3.37. The third-order valence-corrected chi connectivity index (χ3v) is 7.33. The summed E-state index contributed by atoms with van der Waals surface area (Å²) < 4.78 is 24.1. The van der Waals surface area contributed by atoms with Crippen LogP contribution >= 0.6 is 11.6 Å². The fourth-order valence-electron chi connectivity index (χ4n) is 4.84. The lowest BCUT2D eigenvalue weighted by atomic mass is 9.88. The lowest BCUT2D eigenvalue weighted by molar-refractivity contribution is 0.00404. The Balaban J connectivity index is 1.63. The Labute approximate surface area is 218 Å². The van der Waals surface area contributed by atoms with Crippen LogP contribution < -0.4 is 11.1 Å². The highest BCUT2D eigenvalue weighted by atomic mass is 35.5. The summed E-state index contributed by atoms with van der Waals surface area (Å²) in [5.74, 6) is -0.551. The van der Waals surface area contributed by atoms with Crippen LogP contribution in [-0.4, -0.2) is 25.8 Å². The molecule has 4 aromatic rings. The average Bonchev–Trinajstić information content (AvgIpc) is 2.87. The lowest BCUT2D eigenvalue weighted by Crippen LogP contribution is -2.26. The summed E-state index contributed by atoms with van der Waals surface area (Å²) in [6.45, 7) is 7.87. The second-order valence-electron chi connectivity index (χ2n) is 9.85. The summed E-state index contributed by atoms with van der Waals surface area (Å²) in [6, 6.07) is 9.68. The molecule has 0 radical (unpaired) electrons. The van der Waals surface area contributed by atoms with Crippen LogP contribution in [0.2, 0.25) is 5.02 Å². The van der Waals surface area contributed by atoms with Gasteiger partial charge in [-0.1, -0.05) is 11.6 Å². The first-order valence-corrected chi connectivity index (χ1v) is 12.7. The van der Waals surface area contributed by atoms with Crippen molar-refractivity contribution in [3.63, 3.8) is 0 Å². The molecule has 5 rings (SSSR count). The maximum atomic E-state index is 15.1. The molecule has 7 nitrogen and oxygen atoms in total. The Morgan fingerprint density at radius 3 is 2.62 bits per heavy atom. The molecular weight excluding hydrogens is 495 g/mol. The van der Waals surface area contributed by atoms with E-state index >= 15 is 4.39 Å². The van der Waals surface area contributed by atoms with Crippen molar-refractivity contribution in [3.05, 3.63) is 96.7 Å². The van der Waals surface area contributed by atoms with Crippen LogP contribution in [0.25, 0.3) is 16.8 Å². The van der Waals surface area contributed by atoms with Crippen molar-refractivity contribution in [2.45, 2.75) is 58.6 Å². The van der Waals surface area contributed by atoms with Gasteiger partial charge in [-0.25, -0.2) is 9.37 Å². The molecule has 1 aromatic carbocycles. The van der Waals surface area contributed by atoms with Gasteiger partial charge in [-0.2, -0.15) is 9.61 Å². The van der Waals surface area contributed by atoms with E-state index in [0.717, 1.165) is 5.56 Å². The van der Waals surface area contributed by atoms with Crippen LogP contribution in [0.3, 0.4) is 0 Å². The molecule has 0 aliphatic carbocycles. The first-order valence-electron chi connectivity index (χ1n) is 12.3. The fourth-order valence-corrected chi connectivity index (χ4v) is 5.00. The maximum Gasteiger partial charge on any atom is 0.277 e. The van der Waals surface area contributed by atoms with Gasteiger partial charge >= 0.3 is 0 Å². The number of aromatic nitrogens is 4. The number of pyridine rings is 1. The van der Waals surface area contributed by atoms with E-state index < -0.39 is 5.82 Å². The number of nitrogens with zero attached hydrogens (tertiary/aromatic N) is 4. The summed E-state index contributed by atoms with van der Waals surface area (Å²) >= 11 is 6.00. The molecule has 0 N–H and O–H groups in total. The second-order valence-corrected chi connectivity index (χ2v) is 10.3. The third-order valence-electron chi connectivity index (χ3n) is 7.09. The zero-order valence-electron chi connectivity index (χ0n) is 21.2. The van der Waals surface area contributed by atoms with Gasteiger partial charge in [-0.15, -0.1) is 0 Å². The van der Waals surface area contributed by atoms with Crippen LogP contribution in [0.15, 0.2) is 52.2 Å². The van der Waals surface area contributed by atoms with E-state index in [2.05, 4.69) is 4.98 Å². The van der Waals surface area contributed by atoms with Gasteiger partial charge < -0.3 is 9.30 Å². The number of halogens is 2. The van der Waals surface area contributed by atoms with Gasteiger partial charge in [0.1, 0.15) is 5.82 Å². The smallest absolute Gasteiger partial charge is 0.277 e. The van der Waals surface area contributed by atoms with Crippen LogP contribution in [0.4, 0.5) is 4.39 Å². The molecule has 3 aromatic heterocycles. The van der Waals surface area contributed by atoms with Crippen molar-refractivity contribution in [3.8, 4) is 11.1 Å². The Morgan fingerprint density at radius 1 is 1.11 bits per heavy atom. The van der Waals surface area contributed by atoms with Crippen molar-refractivity contribution in [2.24, 2.45) is 0 Å². The molecule has 2 unspecified atom stereocenters. The van der Waals surface area contributed by atoms with E-state index in [1.165, 1.54) is 10.6 Å². The molecule has 1 aliphatic heterocycles. The SMILES string of the molecule is Cc1nc2c(-c3ccc(Cl)cc3F)cc(C3CCOC(c4ccc(=O)n(C(C)C)c4)C3)nn2c(=O)c1C. The number of hydrogen-bond donors (Lipinski definition) is 0. The molecule has 4 heterocycles. The van der Waals surface area contributed by atoms with Crippen molar-refractivity contribution in [1.82, 2.24) is 19.2 Å². The molecule has 1 saturated heterocycles. The number of benzene rings is 1. The summed E-state index contributed by atoms with van der Waals surface area (Å²) in [6.07, 6.45) is 2.90. The molecule has 37 heavy (non-hydrogen) atoms. The molecule has 0 bridgehead atoms. The standard InChI is InChI=1S/C28H28ClFN4O3/c1-15(2)33-14-19(5-8-26(33)35)25-11-18(9-10-37-25)24-13-22(21-7-6-20(29)12-23(21)30)27-31-17(4)16(3)28(36)34(27)32-24/h5-8,12-15,18,25H,9-11H2,1-4H3. The Hall–Kier alpha value is -3.36. The van der Waals surface area contributed by atoms with E-state index in [4.69, 9.17) is 21.4 Å². The molecule has 1 fully saturated rings. The highest BCUT2D eigenvalue weighted by molar-refractivity contribution is 6.30. The molecule has 9 heteroatoms. The zero-order valence-corrected chi connectivity index (χ0v) is 21.9. The van der Waals surface area contributed by atoms with Gasteiger partial charge in [0.25, 0.3) is 11.1 Å². The number of rotatable bonds is 4. The normalized spacial score (nSPS) is 18.0. The van der Waals surface area contributed by atoms with E-state index in [0.29, 0.717) is 53.2 Å². The quantitative estimate of drug-likeness (QED) is 0.351. The second kappa shape index (κ2) is 9.84. The zero-order chi connectivity index (χ0) is 26.4. The van der Waals surface area contributed by atoms with E-state index in [1.54, 1.807) is 42.7 Å². The molecule has 0 amide bonds. The Kier molecular flexibility index (Phi) is 6.72. The average molecular weight is 523 g/mol. The summed E-state index contributed by atoms with van der Waals surface area (Å²) in [4.78, 5) is 30.1. The lowest BCUT2D eigenvalue weighted by Gasteiger charge is -2.30. The highest BCUT2D eigenvalue weighted by Gasteiger charge is 2.28. The Bertz CT molecular complexity index is 1630. The first kappa shape index (κ1) is 25.3. The molecule has 192 valence electrons. The largest absolute Gasteiger partial charge is 0.373 e. The monoisotopic (exact) mass is 522 g/mol. The minimum absolute atomic E-state index is 0.0249. The van der Waals surface area contributed by atoms with Crippen LogP contribution in [0.5, 0.6) is 0 Å². The summed E-state index contributed by atoms with van der Waals surface area (Å²) in [7, 11) is 0. The molecule has 0 spiro atoms. The van der Waals surface area contributed by atoms with E-state index in [-0.39, 0.29) is 34.2 Å². The van der Waals surface area contributed by atoms with Gasteiger partial charge in [0, 0.05) is 58.2 Å². The predicted octanol–water partition coefficient (Wildman–Crippen LogP) is 5.54. The minimum atomic E-state index is -0.500. The van der Waals surface area contributed by atoms with Crippen molar-refractivity contribution in [1.29, 1.82) is 0 Å².